The molecule has 0 saturated heterocycles. The fourth-order valence-electron chi connectivity index (χ4n) is 2.15. The summed E-state index contributed by atoms with van der Waals surface area (Å²) in [5.41, 5.74) is 0.0646. The second kappa shape index (κ2) is 5.86. The van der Waals surface area contributed by atoms with Gasteiger partial charge in [0.15, 0.2) is 0 Å². The van der Waals surface area contributed by atoms with Gasteiger partial charge in [0.1, 0.15) is 11.0 Å². The monoisotopic (exact) mass is 264 g/mol. The fourth-order valence-corrected chi connectivity index (χ4v) is 2.15. The molecular formula is C13H20N4O2. The number of H-pyrrole nitrogens is 1. The number of hydrogen-bond acceptors (Lipinski definition) is 3. The highest BCUT2D eigenvalue weighted by atomic mass is 16.2. The summed E-state index contributed by atoms with van der Waals surface area (Å²) in [6.45, 7) is 5.20. The molecule has 0 aromatic carbocycles. The van der Waals surface area contributed by atoms with Crippen molar-refractivity contribution in [3.63, 3.8) is 0 Å². The lowest BCUT2D eigenvalue weighted by atomic mass is 10.3. The van der Waals surface area contributed by atoms with Crippen LogP contribution in [-0.4, -0.2) is 19.3 Å². The molecule has 0 atom stereocenters. The lowest BCUT2D eigenvalue weighted by Crippen LogP contribution is -2.40. The molecule has 104 valence electrons. The summed E-state index contributed by atoms with van der Waals surface area (Å²) in [5, 5.41) is 7.15. The standard InChI is InChI=1S/C13H20N4O2/c1-3-5-7-16-11-10(9-14-15-11)12(18)17(13(16)19)8-6-4-2/h9H,3-8H2,1-2H3,(H,14,15). The van der Waals surface area contributed by atoms with Crippen LogP contribution in [0.5, 0.6) is 0 Å². The van der Waals surface area contributed by atoms with Crippen LogP contribution in [0.15, 0.2) is 15.8 Å². The lowest BCUT2D eigenvalue weighted by Gasteiger charge is -2.10. The van der Waals surface area contributed by atoms with Crippen molar-refractivity contribution in [1.29, 1.82) is 0 Å². The van der Waals surface area contributed by atoms with Crippen molar-refractivity contribution in [3.05, 3.63) is 27.0 Å². The maximum atomic E-state index is 12.4. The zero-order valence-corrected chi connectivity index (χ0v) is 11.5. The van der Waals surface area contributed by atoms with Crippen molar-refractivity contribution in [2.45, 2.75) is 52.6 Å². The van der Waals surface area contributed by atoms with E-state index in [0.717, 1.165) is 25.7 Å². The van der Waals surface area contributed by atoms with E-state index in [9.17, 15) is 9.59 Å². The predicted molar refractivity (Wildman–Crippen MR) is 74.4 cm³/mol. The molecule has 0 spiro atoms. The zero-order chi connectivity index (χ0) is 13.8. The first-order valence-corrected chi connectivity index (χ1v) is 6.87. The third kappa shape index (κ3) is 2.47. The molecule has 0 aliphatic rings. The van der Waals surface area contributed by atoms with Gasteiger partial charge in [-0.05, 0) is 12.8 Å². The number of nitrogens with zero attached hydrogens (tertiary/aromatic N) is 3. The van der Waals surface area contributed by atoms with E-state index in [4.69, 9.17) is 0 Å². The van der Waals surface area contributed by atoms with Crippen molar-refractivity contribution in [1.82, 2.24) is 19.3 Å². The Balaban J connectivity index is 2.61. The molecule has 0 aliphatic heterocycles. The van der Waals surface area contributed by atoms with E-state index in [2.05, 4.69) is 17.1 Å². The molecule has 2 aromatic heterocycles. The maximum Gasteiger partial charge on any atom is 0.332 e. The minimum absolute atomic E-state index is 0.233. The van der Waals surface area contributed by atoms with E-state index in [1.807, 2.05) is 6.92 Å². The summed E-state index contributed by atoms with van der Waals surface area (Å²) in [6, 6.07) is 0. The molecule has 0 saturated carbocycles. The number of aryl methyl sites for hydroxylation is 1. The summed E-state index contributed by atoms with van der Waals surface area (Å²) in [4.78, 5) is 24.6. The fraction of sp³-hybridized carbons (Fsp3) is 0.615. The van der Waals surface area contributed by atoms with Crippen molar-refractivity contribution >= 4 is 11.0 Å². The van der Waals surface area contributed by atoms with Crippen LogP contribution < -0.4 is 11.2 Å². The van der Waals surface area contributed by atoms with Gasteiger partial charge in [0, 0.05) is 13.1 Å². The number of unbranched alkanes of at least 4 members (excludes halogenated alkanes) is 2. The van der Waals surface area contributed by atoms with E-state index < -0.39 is 0 Å². The van der Waals surface area contributed by atoms with Gasteiger partial charge >= 0.3 is 5.69 Å². The largest absolute Gasteiger partial charge is 0.332 e. The number of fused-ring (bicyclic) bond motifs is 1. The SMILES string of the molecule is CCCCn1c(=O)c2cn[nH]c2n(CCCC)c1=O. The Morgan fingerprint density at radius 1 is 1.11 bits per heavy atom. The normalized spacial score (nSPS) is 11.3. The molecule has 2 rings (SSSR count). The smallest absolute Gasteiger partial charge is 0.278 e. The Kier molecular flexibility index (Phi) is 4.19. The van der Waals surface area contributed by atoms with Crippen LogP contribution in [0.2, 0.25) is 0 Å². The van der Waals surface area contributed by atoms with Crippen LogP contribution in [0.4, 0.5) is 0 Å². The van der Waals surface area contributed by atoms with Gasteiger partial charge in [0.05, 0.1) is 6.20 Å². The van der Waals surface area contributed by atoms with E-state index in [0.29, 0.717) is 24.1 Å². The van der Waals surface area contributed by atoms with E-state index in [-0.39, 0.29) is 11.2 Å². The Morgan fingerprint density at radius 2 is 1.74 bits per heavy atom. The van der Waals surface area contributed by atoms with Gasteiger partial charge in [-0.2, -0.15) is 5.10 Å². The Bertz CT molecular complexity index is 665. The second-order valence-electron chi connectivity index (χ2n) is 4.73. The third-order valence-electron chi connectivity index (χ3n) is 3.30. The summed E-state index contributed by atoms with van der Waals surface area (Å²) in [7, 11) is 0. The Labute approximate surface area is 111 Å². The summed E-state index contributed by atoms with van der Waals surface area (Å²) in [5.74, 6) is 0. The summed E-state index contributed by atoms with van der Waals surface area (Å²) >= 11 is 0. The van der Waals surface area contributed by atoms with Gasteiger partial charge in [-0.1, -0.05) is 26.7 Å². The zero-order valence-electron chi connectivity index (χ0n) is 11.5. The predicted octanol–water partition coefficient (Wildman–Crippen LogP) is 1.49. The van der Waals surface area contributed by atoms with Gasteiger partial charge in [-0.25, -0.2) is 4.79 Å². The number of rotatable bonds is 6. The molecule has 2 heterocycles. The van der Waals surface area contributed by atoms with Crippen molar-refractivity contribution < 1.29 is 0 Å². The number of hydrogen-bond donors (Lipinski definition) is 1. The van der Waals surface area contributed by atoms with E-state index in [1.165, 1.54) is 10.8 Å². The molecular weight excluding hydrogens is 244 g/mol. The van der Waals surface area contributed by atoms with Crippen LogP contribution in [0, 0.1) is 0 Å². The molecule has 0 unspecified atom stereocenters. The van der Waals surface area contributed by atoms with Gasteiger partial charge in [-0.3, -0.25) is 19.0 Å². The van der Waals surface area contributed by atoms with E-state index >= 15 is 0 Å². The minimum Gasteiger partial charge on any atom is -0.278 e. The van der Waals surface area contributed by atoms with Crippen LogP contribution in [0.3, 0.4) is 0 Å². The van der Waals surface area contributed by atoms with Gasteiger partial charge in [0.25, 0.3) is 5.56 Å². The first-order valence-electron chi connectivity index (χ1n) is 6.87. The van der Waals surface area contributed by atoms with Crippen LogP contribution in [0.25, 0.3) is 11.0 Å². The Hall–Kier alpha value is -1.85. The first kappa shape index (κ1) is 13.6. The third-order valence-corrected chi connectivity index (χ3v) is 3.30. The average molecular weight is 264 g/mol. The summed E-state index contributed by atoms with van der Waals surface area (Å²) < 4.78 is 2.96. The molecule has 0 aliphatic carbocycles. The molecule has 0 radical (unpaired) electrons. The molecule has 0 bridgehead atoms. The van der Waals surface area contributed by atoms with Crippen LogP contribution in [0.1, 0.15) is 39.5 Å². The molecule has 19 heavy (non-hydrogen) atoms. The van der Waals surface area contributed by atoms with Crippen LogP contribution >= 0.6 is 0 Å². The highest BCUT2D eigenvalue weighted by Gasteiger charge is 2.13. The topological polar surface area (TPSA) is 72.7 Å². The maximum absolute atomic E-state index is 12.4. The van der Waals surface area contributed by atoms with Gasteiger partial charge in [-0.15, -0.1) is 0 Å². The summed E-state index contributed by atoms with van der Waals surface area (Å²) in [6.07, 6.45) is 5.18. The number of nitrogens with one attached hydrogen (secondary N) is 1. The van der Waals surface area contributed by atoms with E-state index in [1.54, 1.807) is 4.57 Å². The van der Waals surface area contributed by atoms with Crippen molar-refractivity contribution in [2.75, 3.05) is 0 Å². The van der Waals surface area contributed by atoms with Gasteiger partial charge < -0.3 is 0 Å². The van der Waals surface area contributed by atoms with Crippen LogP contribution in [-0.2, 0) is 13.1 Å². The number of aromatic amines is 1. The number of aromatic nitrogens is 4. The van der Waals surface area contributed by atoms with Crippen molar-refractivity contribution in [3.8, 4) is 0 Å². The highest BCUT2D eigenvalue weighted by Crippen LogP contribution is 2.04. The average Bonchev–Trinajstić information content (AvgIpc) is 2.88. The molecule has 0 fully saturated rings. The van der Waals surface area contributed by atoms with Crippen molar-refractivity contribution in [2.24, 2.45) is 0 Å². The molecule has 6 heteroatoms. The molecule has 6 nitrogen and oxygen atoms in total. The lowest BCUT2D eigenvalue weighted by molar-refractivity contribution is 0.530. The molecule has 1 N–H and O–H groups in total. The highest BCUT2D eigenvalue weighted by molar-refractivity contribution is 5.72. The van der Waals surface area contributed by atoms with Gasteiger partial charge in [0.2, 0.25) is 0 Å². The first-order chi connectivity index (χ1) is 9.20. The molecule has 2 aromatic rings. The Morgan fingerprint density at radius 3 is 2.37 bits per heavy atom. The second-order valence-corrected chi connectivity index (χ2v) is 4.73. The molecule has 0 amide bonds. The minimum atomic E-state index is -0.241. The quantitative estimate of drug-likeness (QED) is 0.859.